The average molecular weight is 332 g/mol. The standard InChI is InChI=1S/C16H12O8/c1-7-6-23-14-11(16(21,13(7)19)15(20)22-2)12(18)10-8(17)4-3-5-9(10)24-14/h3-6,17,21H,1-2H3/t16-/m0/s1. The van der Waals surface area contributed by atoms with Gasteiger partial charge in [0.1, 0.15) is 28.5 Å². The van der Waals surface area contributed by atoms with Crippen molar-refractivity contribution in [2.24, 2.45) is 0 Å². The highest BCUT2D eigenvalue weighted by atomic mass is 16.6. The predicted octanol–water partition coefficient (Wildman–Crippen LogP) is 0.724. The molecule has 0 saturated carbocycles. The van der Waals surface area contributed by atoms with Crippen LogP contribution in [-0.2, 0) is 19.9 Å². The number of phenolic OH excluding ortho intramolecular Hbond substituents is 1. The smallest absolute Gasteiger partial charge is 0.351 e. The van der Waals surface area contributed by atoms with E-state index in [0.717, 1.165) is 13.4 Å². The largest absolute Gasteiger partial charge is 0.507 e. The molecule has 2 N–H and O–H groups in total. The van der Waals surface area contributed by atoms with Crippen molar-refractivity contribution < 1.29 is 33.7 Å². The Labute approximate surface area is 134 Å². The molecule has 0 radical (unpaired) electrons. The number of carbonyl (C=O) groups excluding carboxylic acids is 2. The molecule has 0 aliphatic carbocycles. The summed E-state index contributed by atoms with van der Waals surface area (Å²) in [5.41, 5.74) is -4.83. The van der Waals surface area contributed by atoms with E-state index >= 15 is 0 Å². The Morgan fingerprint density at radius 2 is 2.00 bits per heavy atom. The van der Waals surface area contributed by atoms with Gasteiger partial charge in [-0.05, 0) is 19.1 Å². The molecule has 124 valence electrons. The summed E-state index contributed by atoms with van der Waals surface area (Å²) < 4.78 is 15.0. The third kappa shape index (κ3) is 1.93. The van der Waals surface area contributed by atoms with E-state index in [9.17, 15) is 24.6 Å². The number of benzene rings is 1. The molecule has 1 aliphatic heterocycles. The summed E-state index contributed by atoms with van der Waals surface area (Å²) >= 11 is 0. The summed E-state index contributed by atoms with van der Waals surface area (Å²) in [6, 6.07) is 4.05. The lowest BCUT2D eigenvalue weighted by Gasteiger charge is -2.22. The fourth-order valence-corrected chi connectivity index (χ4v) is 2.53. The molecule has 1 aliphatic rings. The Bertz CT molecular complexity index is 968. The number of ketones is 1. The Morgan fingerprint density at radius 1 is 1.29 bits per heavy atom. The molecule has 3 rings (SSSR count). The van der Waals surface area contributed by atoms with Gasteiger partial charge in [-0.15, -0.1) is 0 Å². The highest BCUT2D eigenvalue weighted by Crippen LogP contribution is 2.37. The van der Waals surface area contributed by atoms with Crippen molar-refractivity contribution in [3.8, 4) is 11.7 Å². The SMILES string of the molecule is COC(=O)[C@@]1(O)C(=O)C(C)=COc2oc3cccc(O)c3c(=O)c21. The maximum absolute atomic E-state index is 12.8. The third-order valence-corrected chi connectivity index (χ3v) is 3.74. The van der Waals surface area contributed by atoms with Crippen LogP contribution in [0.5, 0.6) is 11.7 Å². The summed E-state index contributed by atoms with van der Waals surface area (Å²) in [5, 5.41) is 20.4. The second kappa shape index (κ2) is 5.20. The first-order valence-corrected chi connectivity index (χ1v) is 6.80. The zero-order chi connectivity index (χ0) is 17.6. The second-order valence-corrected chi connectivity index (χ2v) is 5.19. The number of fused-ring (bicyclic) bond motifs is 2. The predicted molar refractivity (Wildman–Crippen MR) is 79.5 cm³/mol. The van der Waals surface area contributed by atoms with Crippen LogP contribution < -0.4 is 10.2 Å². The fourth-order valence-electron chi connectivity index (χ4n) is 2.53. The normalized spacial score (nSPS) is 20.0. The molecule has 1 aromatic carbocycles. The van der Waals surface area contributed by atoms with Gasteiger partial charge in [-0.1, -0.05) is 6.07 Å². The van der Waals surface area contributed by atoms with Crippen LogP contribution in [0, 0.1) is 0 Å². The molecule has 0 amide bonds. The fraction of sp³-hybridized carbons (Fsp3) is 0.188. The van der Waals surface area contributed by atoms with Crippen molar-refractivity contribution >= 4 is 22.7 Å². The Hall–Kier alpha value is -3.13. The van der Waals surface area contributed by atoms with Gasteiger partial charge in [-0.2, -0.15) is 0 Å². The highest BCUT2D eigenvalue weighted by molar-refractivity contribution is 6.15. The minimum Gasteiger partial charge on any atom is -0.507 e. The number of phenols is 1. The van der Waals surface area contributed by atoms with Crippen molar-refractivity contribution in [2.75, 3.05) is 7.11 Å². The van der Waals surface area contributed by atoms with E-state index < -0.39 is 40.0 Å². The maximum Gasteiger partial charge on any atom is 0.351 e. The van der Waals surface area contributed by atoms with E-state index in [0.29, 0.717) is 0 Å². The molecule has 2 heterocycles. The van der Waals surface area contributed by atoms with Crippen LogP contribution in [0.25, 0.3) is 11.0 Å². The van der Waals surface area contributed by atoms with E-state index in [4.69, 9.17) is 9.15 Å². The topological polar surface area (TPSA) is 123 Å². The van der Waals surface area contributed by atoms with Gasteiger partial charge in [-0.3, -0.25) is 9.59 Å². The first kappa shape index (κ1) is 15.8. The Balaban J connectivity index is 2.50. The highest BCUT2D eigenvalue weighted by Gasteiger charge is 2.53. The minimum atomic E-state index is -2.95. The van der Waals surface area contributed by atoms with Gasteiger partial charge < -0.3 is 24.1 Å². The van der Waals surface area contributed by atoms with E-state index in [-0.39, 0.29) is 16.5 Å². The summed E-state index contributed by atoms with van der Waals surface area (Å²) in [4.78, 5) is 37.4. The molecular formula is C16H12O8. The van der Waals surface area contributed by atoms with Crippen LogP contribution in [0.2, 0.25) is 0 Å². The lowest BCUT2D eigenvalue weighted by molar-refractivity contribution is -0.168. The van der Waals surface area contributed by atoms with Crippen LogP contribution in [0.1, 0.15) is 12.5 Å². The molecule has 2 aromatic rings. The number of ether oxygens (including phenoxy) is 2. The van der Waals surface area contributed by atoms with Crippen molar-refractivity contribution in [1.82, 2.24) is 0 Å². The first-order valence-electron chi connectivity index (χ1n) is 6.80. The van der Waals surface area contributed by atoms with Crippen LogP contribution in [0.3, 0.4) is 0 Å². The van der Waals surface area contributed by atoms with Crippen LogP contribution in [0.4, 0.5) is 0 Å². The monoisotopic (exact) mass is 332 g/mol. The lowest BCUT2D eigenvalue weighted by Crippen LogP contribution is -2.47. The molecule has 0 bridgehead atoms. The minimum absolute atomic E-state index is 0.0358. The number of esters is 1. The van der Waals surface area contributed by atoms with E-state index in [2.05, 4.69) is 4.74 Å². The molecule has 0 fully saturated rings. The molecule has 0 unspecified atom stereocenters. The lowest BCUT2D eigenvalue weighted by atomic mass is 9.86. The van der Waals surface area contributed by atoms with E-state index in [1.807, 2.05) is 0 Å². The Morgan fingerprint density at radius 3 is 2.67 bits per heavy atom. The van der Waals surface area contributed by atoms with Gasteiger partial charge >= 0.3 is 11.9 Å². The number of carbonyl (C=O) groups is 2. The van der Waals surface area contributed by atoms with E-state index in [1.54, 1.807) is 0 Å². The van der Waals surface area contributed by atoms with Crippen molar-refractivity contribution in [3.63, 3.8) is 0 Å². The van der Waals surface area contributed by atoms with Gasteiger partial charge in [0, 0.05) is 5.57 Å². The molecule has 1 atom stereocenters. The molecule has 24 heavy (non-hydrogen) atoms. The number of methoxy groups -OCH3 is 1. The zero-order valence-electron chi connectivity index (χ0n) is 12.7. The van der Waals surface area contributed by atoms with Crippen LogP contribution >= 0.6 is 0 Å². The Kier molecular flexibility index (Phi) is 3.42. The first-order chi connectivity index (χ1) is 11.3. The summed E-state index contributed by atoms with van der Waals surface area (Å²) in [6.45, 7) is 1.30. The van der Waals surface area contributed by atoms with Gasteiger partial charge in [-0.25, -0.2) is 4.79 Å². The number of hydrogen-bond acceptors (Lipinski definition) is 8. The van der Waals surface area contributed by atoms with E-state index in [1.165, 1.54) is 25.1 Å². The van der Waals surface area contributed by atoms with Crippen molar-refractivity contribution in [1.29, 1.82) is 0 Å². The maximum atomic E-state index is 12.8. The summed E-state index contributed by atoms with van der Waals surface area (Å²) in [5.74, 6) is -3.42. The molecular weight excluding hydrogens is 320 g/mol. The number of aromatic hydroxyl groups is 1. The molecule has 8 heteroatoms. The number of aliphatic hydroxyl groups is 1. The van der Waals surface area contributed by atoms with Gasteiger partial charge in [0.2, 0.25) is 11.2 Å². The van der Waals surface area contributed by atoms with Gasteiger partial charge in [0.05, 0.1) is 7.11 Å². The van der Waals surface area contributed by atoms with Gasteiger partial charge in [0.25, 0.3) is 5.60 Å². The van der Waals surface area contributed by atoms with Crippen molar-refractivity contribution in [3.05, 3.63) is 45.8 Å². The van der Waals surface area contributed by atoms with Crippen molar-refractivity contribution in [2.45, 2.75) is 12.5 Å². The number of hydrogen-bond donors (Lipinski definition) is 2. The van der Waals surface area contributed by atoms with Crippen LogP contribution in [0.15, 0.2) is 39.2 Å². The molecule has 0 saturated heterocycles. The average Bonchev–Trinajstić information content (AvgIpc) is 2.65. The zero-order valence-corrected chi connectivity index (χ0v) is 12.7. The second-order valence-electron chi connectivity index (χ2n) is 5.19. The quantitative estimate of drug-likeness (QED) is 0.578. The molecule has 8 nitrogen and oxygen atoms in total. The molecule has 1 aromatic heterocycles. The summed E-state index contributed by atoms with van der Waals surface area (Å²) in [7, 11) is 0.957. The third-order valence-electron chi connectivity index (χ3n) is 3.74. The number of Topliss-reactive ketones (excluding diaryl/α,β-unsaturated/α-hetero) is 1. The van der Waals surface area contributed by atoms with Crippen LogP contribution in [-0.4, -0.2) is 29.1 Å². The molecule has 0 spiro atoms. The van der Waals surface area contributed by atoms with Gasteiger partial charge in [0.15, 0.2) is 0 Å². The summed E-state index contributed by atoms with van der Waals surface area (Å²) in [6.07, 6.45) is 0.958. The number of rotatable bonds is 1.